The Morgan fingerprint density at radius 3 is 3.17 bits per heavy atom. The molecule has 96 valence electrons. The largest absolute Gasteiger partial charge is 0.375 e. The van der Waals surface area contributed by atoms with Gasteiger partial charge in [0.1, 0.15) is 6.61 Å². The van der Waals surface area contributed by atoms with Crippen molar-refractivity contribution in [2.45, 2.75) is 10.1 Å². The highest BCUT2D eigenvalue weighted by molar-refractivity contribution is 8.00. The van der Waals surface area contributed by atoms with E-state index in [1.54, 1.807) is 23.1 Å². The summed E-state index contributed by atoms with van der Waals surface area (Å²) in [5.74, 6) is 0.654. The highest BCUT2D eigenvalue weighted by Gasteiger charge is 2.08. The summed E-state index contributed by atoms with van der Waals surface area (Å²) in [6.45, 7) is 0.0251. The lowest BCUT2D eigenvalue weighted by Crippen LogP contribution is -2.16. The van der Waals surface area contributed by atoms with Crippen LogP contribution in [0.15, 0.2) is 21.9 Å². The van der Waals surface area contributed by atoms with Gasteiger partial charge in [0.15, 0.2) is 4.34 Å². The minimum absolute atomic E-state index is 0.0251. The predicted octanol–water partition coefficient (Wildman–Crippen LogP) is 2.48. The van der Waals surface area contributed by atoms with E-state index >= 15 is 0 Å². The Labute approximate surface area is 117 Å². The van der Waals surface area contributed by atoms with Gasteiger partial charge in [0.05, 0.1) is 0 Å². The quantitative estimate of drug-likeness (QED) is 0.656. The van der Waals surface area contributed by atoms with Crippen molar-refractivity contribution in [2.24, 2.45) is 0 Å². The normalized spacial score (nSPS) is 10.5. The summed E-state index contributed by atoms with van der Waals surface area (Å²) in [6, 6.07) is 4.11. The number of amides is 1. The first-order chi connectivity index (χ1) is 8.78. The maximum Gasteiger partial charge on any atom is 0.252 e. The summed E-state index contributed by atoms with van der Waals surface area (Å²) in [7, 11) is 1.47. The summed E-state index contributed by atoms with van der Waals surface area (Å²) >= 11 is 4.69. The van der Waals surface area contributed by atoms with E-state index in [-0.39, 0.29) is 12.5 Å². The lowest BCUT2D eigenvalue weighted by atomic mass is 10.5. The molecule has 0 aliphatic heterocycles. The maximum atomic E-state index is 11.3. The minimum atomic E-state index is -0.219. The van der Waals surface area contributed by atoms with Crippen LogP contribution in [0.25, 0.3) is 0 Å². The number of ether oxygens (including phenoxy) is 1. The number of nitrogens with one attached hydrogen (secondary N) is 1. The van der Waals surface area contributed by atoms with Crippen molar-refractivity contribution in [3.05, 3.63) is 22.4 Å². The Balaban J connectivity index is 1.84. The number of thiophene rings is 1. The Kier molecular flexibility index (Phi) is 5.12. The zero-order chi connectivity index (χ0) is 12.8. The molecule has 0 atom stereocenters. The molecular formula is C10H11N3O2S3. The molecule has 2 aromatic rings. The fourth-order valence-electron chi connectivity index (χ4n) is 1.13. The van der Waals surface area contributed by atoms with E-state index in [1.165, 1.54) is 23.3 Å². The lowest BCUT2D eigenvalue weighted by molar-refractivity contribution is -0.119. The highest BCUT2D eigenvalue weighted by Crippen LogP contribution is 2.29. The standard InChI is InChI=1S/C10H11N3O2S3/c1-15-5-8(14)11-9-12-13-10(18-9)17-6-7-3-2-4-16-7/h2-4H,5-6H2,1H3,(H,11,12,14). The topological polar surface area (TPSA) is 64.1 Å². The average molecular weight is 301 g/mol. The molecule has 0 radical (unpaired) electrons. The molecular weight excluding hydrogens is 290 g/mol. The second-order valence-electron chi connectivity index (χ2n) is 3.22. The molecule has 0 bridgehead atoms. The SMILES string of the molecule is COCC(=O)Nc1nnc(SCc2cccs2)s1. The van der Waals surface area contributed by atoms with Gasteiger partial charge in [0.25, 0.3) is 5.91 Å². The Bertz CT molecular complexity index is 498. The molecule has 5 nitrogen and oxygen atoms in total. The monoisotopic (exact) mass is 301 g/mol. The molecule has 0 spiro atoms. The van der Waals surface area contributed by atoms with Crippen molar-refractivity contribution >= 4 is 45.5 Å². The first kappa shape index (κ1) is 13.5. The van der Waals surface area contributed by atoms with E-state index in [0.29, 0.717) is 5.13 Å². The Morgan fingerprint density at radius 2 is 2.44 bits per heavy atom. The predicted molar refractivity (Wildman–Crippen MR) is 74.3 cm³/mol. The number of carbonyl (C=O) groups is 1. The van der Waals surface area contributed by atoms with Crippen LogP contribution in [0.1, 0.15) is 4.88 Å². The van der Waals surface area contributed by atoms with E-state index in [9.17, 15) is 4.79 Å². The molecule has 0 saturated carbocycles. The number of methoxy groups -OCH3 is 1. The Morgan fingerprint density at radius 1 is 1.56 bits per heavy atom. The van der Waals surface area contributed by atoms with Crippen LogP contribution in [0.5, 0.6) is 0 Å². The van der Waals surface area contributed by atoms with Gasteiger partial charge in [-0.15, -0.1) is 21.5 Å². The van der Waals surface area contributed by atoms with Crippen molar-refractivity contribution in [1.82, 2.24) is 10.2 Å². The minimum Gasteiger partial charge on any atom is -0.375 e. The molecule has 8 heteroatoms. The van der Waals surface area contributed by atoms with Crippen molar-refractivity contribution in [2.75, 3.05) is 19.0 Å². The molecule has 0 aliphatic rings. The lowest BCUT2D eigenvalue weighted by Gasteiger charge is -1.97. The molecule has 2 aromatic heterocycles. The van der Waals surface area contributed by atoms with Gasteiger partial charge in [-0.3, -0.25) is 10.1 Å². The number of nitrogens with zero attached hydrogens (tertiary/aromatic N) is 2. The third-order valence-corrected chi connectivity index (χ3v) is 4.93. The van der Waals surface area contributed by atoms with Gasteiger partial charge in [0.2, 0.25) is 5.13 Å². The van der Waals surface area contributed by atoms with Crippen LogP contribution < -0.4 is 5.32 Å². The highest BCUT2D eigenvalue weighted by atomic mass is 32.2. The van der Waals surface area contributed by atoms with Crippen LogP contribution in [-0.2, 0) is 15.3 Å². The maximum absolute atomic E-state index is 11.3. The number of hydrogen-bond acceptors (Lipinski definition) is 7. The number of thioether (sulfide) groups is 1. The number of anilines is 1. The summed E-state index contributed by atoms with van der Waals surface area (Å²) in [5.41, 5.74) is 0. The summed E-state index contributed by atoms with van der Waals surface area (Å²) in [5, 5.41) is 13.1. The summed E-state index contributed by atoms with van der Waals surface area (Å²) in [6.07, 6.45) is 0. The fraction of sp³-hybridized carbons (Fsp3) is 0.300. The van der Waals surface area contributed by atoms with Crippen LogP contribution in [0.3, 0.4) is 0 Å². The number of aromatic nitrogens is 2. The van der Waals surface area contributed by atoms with E-state index in [0.717, 1.165) is 10.1 Å². The number of rotatable bonds is 6. The second kappa shape index (κ2) is 6.83. The molecule has 1 N–H and O–H groups in total. The molecule has 0 aliphatic carbocycles. The molecule has 2 rings (SSSR count). The molecule has 0 saturated heterocycles. The zero-order valence-electron chi connectivity index (χ0n) is 9.58. The van der Waals surface area contributed by atoms with Crippen LogP contribution in [0, 0.1) is 0 Å². The van der Waals surface area contributed by atoms with Crippen LogP contribution >= 0.6 is 34.4 Å². The summed E-state index contributed by atoms with van der Waals surface area (Å²) in [4.78, 5) is 12.6. The van der Waals surface area contributed by atoms with Crippen molar-refractivity contribution in [1.29, 1.82) is 0 Å². The molecule has 1 amide bonds. The smallest absolute Gasteiger partial charge is 0.252 e. The molecule has 0 fully saturated rings. The number of carbonyl (C=O) groups excluding carboxylic acids is 1. The van der Waals surface area contributed by atoms with Crippen LogP contribution in [0.4, 0.5) is 5.13 Å². The third-order valence-electron chi connectivity index (χ3n) is 1.85. The summed E-state index contributed by atoms with van der Waals surface area (Å²) < 4.78 is 5.56. The third kappa shape index (κ3) is 4.05. The second-order valence-corrected chi connectivity index (χ2v) is 6.45. The van der Waals surface area contributed by atoms with Gasteiger partial charge in [-0.25, -0.2) is 0 Å². The van der Waals surface area contributed by atoms with Gasteiger partial charge >= 0.3 is 0 Å². The van der Waals surface area contributed by atoms with E-state index in [4.69, 9.17) is 4.74 Å². The van der Waals surface area contributed by atoms with Crippen molar-refractivity contribution < 1.29 is 9.53 Å². The van der Waals surface area contributed by atoms with Crippen LogP contribution in [0.2, 0.25) is 0 Å². The van der Waals surface area contributed by atoms with Crippen molar-refractivity contribution in [3.63, 3.8) is 0 Å². The molecule has 0 unspecified atom stereocenters. The number of hydrogen-bond donors (Lipinski definition) is 1. The molecule has 2 heterocycles. The first-order valence-corrected chi connectivity index (χ1v) is 7.73. The van der Waals surface area contributed by atoms with Crippen LogP contribution in [-0.4, -0.2) is 29.8 Å². The first-order valence-electron chi connectivity index (χ1n) is 5.05. The molecule has 0 aromatic carbocycles. The zero-order valence-corrected chi connectivity index (χ0v) is 12.0. The Hall–Kier alpha value is -0.960. The van der Waals surface area contributed by atoms with Gasteiger partial charge in [0, 0.05) is 17.7 Å². The fourth-order valence-corrected chi connectivity index (χ4v) is 3.67. The van der Waals surface area contributed by atoms with E-state index < -0.39 is 0 Å². The van der Waals surface area contributed by atoms with Gasteiger partial charge in [-0.1, -0.05) is 29.2 Å². The van der Waals surface area contributed by atoms with Gasteiger partial charge in [-0.05, 0) is 11.4 Å². The van der Waals surface area contributed by atoms with E-state index in [2.05, 4.69) is 21.6 Å². The van der Waals surface area contributed by atoms with E-state index in [1.807, 2.05) is 11.4 Å². The molecule has 18 heavy (non-hydrogen) atoms. The van der Waals surface area contributed by atoms with Gasteiger partial charge < -0.3 is 4.74 Å². The van der Waals surface area contributed by atoms with Gasteiger partial charge in [-0.2, -0.15) is 0 Å². The average Bonchev–Trinajstić information content (AvgIpc) is 2.97. The van der Waals surface area contributed by atoms with Crippen molar-refractivity contribution in [3.8, 4) is 0 Å².